The lowest BCUT2D eigenvalue weighted by Crippen LogP contribution is -2.32. The van der Waals surface area contributed by atoms with E-state index in [2.05, 4.69) is 22.4 Å². The second-order valence-electron chi connectivity index (χ2n) is 5.73. The minimum absolute atomic E-state index is 0.391. The molecule has 4 heteroatoms. The Morgan fingerprint density at radius 1 is 1.32 bits per heavy atom. The minimum Gasteiger partial charge on any atom is -0.444 e. The molecule has 0 aliphatic carbocycles. The zero-order valence-electron chi connectivity index (χ0n) is 11.8. The SMILES string of the molecule is Cc1cc2cc(CNC(=O)OC(C)(C)C)ccc2[nH]1. The number of fused-ring (bicyclic) bond motifs is 1. The maximum absolute atomic E-state index is 11.6. The molecule has 1 aromatic carbocycles. The van der Waals surface area contributed by atoms with Crippen LogP contribution in [0.1, 0.15) is 32.0 Å². The number of carbonyl (C=O) groups is 1. The highest BCUT2D eigenvalue weighted by Crippen LogP contribution is 2.17. The zero-order valence-corrected chi connectivity index (χ0v) is 11.8. The molecule has 0 atom stereocenters. The summed E-state index contributed by atoms with van der Waals surface area (Å²) in [5, 5.41) is 3.91. The van der Waals surface area contributed by atoms with Crippen LogP contribution in [-0.4, -0.2) is 16.7 Å². The Kier molecular flexibility index (Phi) is 3.51. The lowest BCUT2D eigenvalue weighted by molar-refractivity contribution is 0.0523. The van der Waals surface area contributed by atoms with Crippen LogP contribution in [-0.2, 0) is 11.3 Å². The molecule has 2 aromatic rings. The first-order chi connectivity index (χ1) is 8.83. The third kappa shape index (κ3) is 3.74. The molecule has 102 valence electrons. The summed E-state index contributed by atoms with van der Waals surface area (Å²) in [6.07, 6.45) is -0.391. The summed E-state index contributed by atoms with van der Waals surface area (Å²) in [6.45, 7) is 8.04. The van der Waals surface area contributed by atoms with Gasteiger partial charge in [-0.25, -0.2) is 4.79 Å². The summed E-state index contributed by atoms with van der Waals surface area (Å²) in [5.41, 5.74) is 2.83. The van der Waals surface area contributed by atoms with E-state index < -0.39 is 11.7 Å². The number of amides is 1. The molecule has 1 heterocycles. The van der Waals surface area contributed by atoms with E-state index in [1.54, 1.807) is 0 Å². The Bertz CT molecular complexity index is 594. The summed E-state index contributed by atoms with van der Waals surface area (Å²) in [6, 6.07) is 8.17. The van der Waals surface area contributed by atoms with Gasteiger partial charge >= 0.3 is 6.09 Å². The Morgan fingerprint density at radius 2 is 2.05 bits per heavy atom. The van der Waals surface area contributed by atoms with E-state index in [0.717, 1.165) is 22.2 Å². The predicted octanol–water partition coefficient (Wildman–Crippen LogP) is 3.50. The van der Waals surface area contributed by atoms with E-state index in [1.807, 2.05) is 39.8 Å². The summed E-state index contributed by atoms with van der Waals surface area (Å²) >= 11 is 0. The van der Waals surface area contributed by atoms with Crippen LogP contribution in [0, 0.1) is 6.92 Å². The molecule has 1 aromatic heterocycles. The molecule has 1 amide bonds. The molecular weight excluding hydrogens is 240 g/mol. The van der Waals surface area contributed by atoms with Crippen LogP contribution in [0.4, 0.5) is 4.79 Å². The Balaban J connectivity index is 1.99. The van der Waals surface area contributed by atoms with Crippen LogP contribution in [0.5, 0.6) is 0 Å². The van der Waals surface area contributed by atoms with Crippen LogP contribution < -0.4 is 5.32 Å². The lowest BCUT2D eigenvalue weighted by atomic mass is 10.1. The quantitative estimate of drug-likeness (QED) is 0.868. The molecule has 0 unspecified atom stereocenters. The van der Waals surface area contributed by atoms with Crippen LogP contribution in [0.3, 0.4) is 0 Å². The maximum atomic E-state index is 11.6. The maximum Gasteiger partial charge on any atom is 0.407 e. The van der Waals surface area contributed by atoms with Gasteiger partial charge in [-0.15, -0.1) is 0 Å². The molecular formula is C15H20N2O2. The normalized spacial score (nSPS) is 11.6. The number of aromatic nitrogens is 1. The number of benzene rings is 1. The average Bonchev–Trinajstić information content (AvgIpc) is 2.63. The van der Waals surface area contributed by atoms with Crippen LogP contribution in [0.2, 0.25) is 0 Å². The number of H-pyrrole nitrogens is 1. The number of alkyl carbamates (subject to hydrolysis) is 1. The van der Waals surface area contributed by atoms with Crippen LogP contribution in [0.25, 0.3) is 10.9 Å². The number of hydrogen-bond donors (Lipinski definition) is 2. The van der Waals surface area contributed by atoms with Gasteiger partial charge in [0.2, 0.25) is 0 Å². The van der Waals surface area contributed by atoms with Crippen molar-refractivity contribution >= 4 is 17.0 Å². The van der Waals surface area contributed by atoms with E-state index >= 15 is 0 Å². The van der Waals surface area contributed by atoms with E-state index in [1.165, 1.54) is 0 Å². The number of hydrogen-bond acceptors (Lipinski definition) is 2. The first kappa shape index (κ1) is 13.5. The molecule has 4 nitrogen and oxygen atoms in total. The molecule has 0 aliphatic rings. The summed E-state index contributed by atoms with van der Waals surface area (Å²) in [7, 11) is 0. The van der Waals surface area contributed by atoms with Crippen molar-refractivity contribution in [2.24, 2.45) is 0 Å². The number of rotatable bonds is 2. The largest absolute Gasteiger partial charge is 0.444 e. The Hall–Kier alpha value is -1.97. The fourth-order valence-corrected chi connectivity index (χ4v) is 1.93. The van der Waals surface area contributed by atoms with Gasteiger partial charge < -0.3 is 15.0 Å². The lowest BCUT2D eigenvalue weighted by Gasteiger charge is -2.19. The van der Waals surface area contributed by atoms with Gasteiger partial charge in [-0.3, -0.25) is 0 Å². The number of carbonyl (C=O) groups excluding carboxylic acids is 1. The first-order valence-electron chi connectivity index (χ1n) is 6.38. The highest BCUT2D eigenvalue weighted by molar-refractivity contribution is 5.81. The second-order valence-corrected chi connectivity index (χ2v) is 5.73. The van der Waals surface area contributed by atoms with E-state index in [9.17, 15) is 4.79 Å². The van der Waals surface area contributed by atoms with Gasteiger partial charge in [-0.2, -0.15) is 0 Å². The molecule has 0 aliphatic heterocycles. The number of aromatic amines is 1. The fourth-order valence-electron chi connectivity index (χ4n) is 1.93. The van der Waals surface area contributed by atoms with Gasteiger partial charge in [0, 0.05) is 17.8 Å². The summed E-state index contributed by atoms with van der Waals surface area (Å²) < 4.78 is 5.19. The highest BCUT2D eigenvalue weighted by Gasteiger charge is 2.15. The molecule has 0 saturated carbocycles. The van der Waals surface area contributed by atoms with Crippen molar-refractivity contribution in [3.05, 3.63) is 35.5 Å². The third-order valence-electron chi connectivity index (χ3n) is 2.66. The number of nitrogens with one attached hydrogen (secondary N) is 2. The van der Waals surface area contributed by atoms with Crippen molar-refractivity contribution in [3.63, 3.8) is 0 Å². The van der Waals surface area contributed by atoms with E-state index in [0.29, 0.717) is 6.54 Å². The second kappa shape index (κ2) is 4.96. The predicted molar refractivity (Wildman–Crippen MR) is 76.1 cm³/mol. The van der Waals surface area contributed by atoms with Crippen molar-refractivity contribution in [2.75, 3.05) is 0 Å². The number of ether oxygens (including phenoxy) is 1. The molecule has 0 radical (unpaired) electrons. The smallest absolute Gasteiger partial charge is 0.407 e. The van der Waals surface area contributed by atoms with Gasteiger partial charge in [0.05, 0.1) is 0 Å². The molecule has 2 N–H and O–H groups in total. The first-order valence-corrected chi connectivity index (χ1v) is 6.38. The van der Waals surface area contributed by atoms with Crippen LogP contribution in [0.15, 0.2) is 24.3 Å². The summed E-state index contributed by atoms with van der Waals surface area (Å²) in [4.78, 5) is 14.8. The Labute approximate surface area is 113 Å². The molecule has 0 bridgehead atoms. The van der Waals surface area contributed by atoms with E-state index in [-0.39, 0.29) is 0 Å². The van der Waals surface area contributed by atoms with Gasteiger partial charge in [0.25, 0.3) is 0 Å². The van der Waals surface area contributed by atoms with Gasteiger partial charge in [0.1, 0.15) is 5.60 Å². The van der Waals surface area contributed by atoms with Gasteiger partial charge in [-0.1, -0.05) is 6.07 Å². The molecule has 0 fully saturated rings. The third-order valence-corrected chi connectivity index (χ3v) is 2.66. The van der Waals surface area contributed by atoms with Crippen molar-refractivity contribution in [3.8, 4) is 0 Å². The van der Waals surface area contributed by atoms with Crippen molar-refractivity contribution in [1.82, 2.24) is 10.3 Å². The number of aryl methyl sites for hydroxylation is 1. The molecule has 2 rings (SSSR count). The monoisotopic (exact) mass is 260 g/mol. The van der Waals surface area contributed by atoms with Gasteiger partial charge in [0.15, 0.2) is 0 Å². The van der Waals surface area contributed by atoms with Crippen molar-refractivity contribution in [2.45, 2.75) is 39.8 Å². The highest BCUT2D eigenvalue weighted by atomic mass is 16.6. The van der Waals surface area contributed by atoms with Crippen LogP contribution >= 0.6 is 0 Å². The molecule has 19 heavy (non-hydrogen) atoms. The fraction of sp³-hybridized carbons (Fsp3) is 0.400. The standard InChI is InChI=1S/C15H20N2O2/c1-10-7-12-8-11(5-6-13(12)17-10)9-16-14(18)19-15(2,3)4/h5-8,17H,9H2,1-4H3,(H,16,18). The topological polar surface area (TPSA) is 54.1 Å². The minimum atomic E-state index is -0.466. The van der Waals surface area contributed by atoms with Crippen molar-refractivity contribution < 1.29 is 9.53 Å². The van der Waals surface area contributed by atoms with E-state index in [4.69, 9.17) is 4.74 Å². The molecule has 0 spiro atoms. The zero-order chi connectivity index (χ0) is 14.0. The average molecular weight is 260 g/mol. The van der Waals surface area contributed by atoms with Gasteiger partial charge in [-0.05, 0) is 56.8 Å². The summed E-state index contributed by atoms with van der Waals surface area (Å²) in [5.74, 6) is 0. The van der Waals surface area contributed by atoms with Crippen molar-refractivity contribution in [1.29, 1.82) is 0 Å². The Morgan fingerprint density at radius 3 is 2.74 bits per heavy atom. The molecule has 0 saturated heterocycles.